The summed E-state index contributed by atoms with van der Waals surface area (Å²) >= 11 is 3.31. The van der Waals surface area contributed by atoms with Gasteiger partial charge in [-0.05, 0) is 5.56 Å². The molecular formula is C17H14BrNO2. The number of benzene rings is 2. The molecule has 0 spiro atoms. The minimum Gasteiger partial charge on any atom is -0.374 e. The molecule has 0 aliphatic heterocycles. The number of ketones is 1. The molecule has 4 heteroatoms. The van der Waals surface area contributed by atoms with E-state index in [1.165, 1.54) is 7.11 Å². The van der Waals surface area contributed by atoms with Gasteiger partial charge in [-0.15, -0.1) is 0 Å². The Morgan fingerprint density at radius 2 is 1.67 bits per heavy atom. The fourth-order valence-electron chi connectivity index (χ4n) is 2.18. The highest BCUT2D eigenvalue weighted by molar-refractivity contribution is 9.10. The molecule has 0 radical (unpaired) electrons. The second kappa shape index (κ2) is 6.66. The van der Waals surface area contributed by atoms with Gasteiger partial charge in [-0.2, -0.15) is 5.26 Å². The normalized spacial score (nSPS) is 14.7. The summed E-state index contributed by atoms with van der Waals surface area (Å²) in [5.74, 6) is -0.318. The van der Waals surface area contributed by atoms with E-state index in [9.17, 15) is 10.1 Å². The van der Waals surface area contributed by atoms with Crippen LogP contribution in [0.2, 0.25) is 0 Å². The van der Waals surface area contributed by atoms with Gasteiger partial charge in [0.2, 0.25) is 4.32 Å². The number of hydrogen-bond donors (Lipinski definition) is 0. The van der Waals surface area contributed by atoms with Crippen LogP contribution in [-0.2, 0) is 4.74 Å². The molecule has 2 aromatic carbocycles. The molecule has 0 unspecified atom stereocenters. The molecule has 0 amide bonds. The molecule has 2 atom stereocenters. The van der Waals surface area contributed by atoms with Crippen LogP contribution in [-0.4, -0.2) is 17.2 Å². The quantitative estimate of drug-likeness (QED) is 0.610. The number of carbonyl (C=O) groups excluding carboxylic acids is 1. The summed E-state index contributed by atoms with van der Waals surface area (Å²) in [7, 11) is 1.49. The number of alkyl halides is 1. The van der Waals surface area contributed by atoms with E-state index in [1.54, 1.807) is 24.3 Å². The maximum atomic E-state index is 12.7. The molecule has 0 bridgehead atoms. The summed E-state index contributed by atoms with van der Waals surface area (Å²) in [6.07, 6.45) is -0.698. The second-order valence-electron chi connectivity index (χ2n) is 4.55. The molecular weight excluding hydrogens is 330 g/mol. The number of nitriles is 1. The molecule has 106 valence electrons. The van der Waals surface area contributed by atoms with Gasteiger partial charge in [0, 0.05) is 12.7 Å². The van der Waals surface area contributed by atoms with Gasteiger partial charge in [-0.25, -0.2) is 0 Å². The molecule has 0 saturated carbocycles. The lowest BCUT2D eigenvalue weighted by Gasteiger charge is -2.28. The van der Waals surface area contributed by atoms with E-state index in [0.29, 0.717) is 5.56 Å². The first kappa shape index (κ1) is 15.4. The van der Waals surface area contributed by atoms with Gasteiger partial charge < -0.3 is 4.74 Å². The van der Waals surface area contributed by atoms with Crippen LogP contribution >= 0.6 is 15.9 Å². The molecule has 0 saturated heterocycles. The topological polar surface area (TPSA) is 50.1 Å². The zero-order valence-corrected chi connectivity index (χ0v) is 13.1. The lowest BCUT2D eigenvalue weighted by molar-refractivity contribution is 0.0662. The van der Waals surface area contributed by atoms with Gasteiger partial charge >= 0.3 is 0 Å². The first-order chi connectivity index (χ1) is 10.1. The second-order valence-corrected chi connectivity index (χ2v) is 5.80. The zero-order valence-electron chi connectivity index (χ0n) is 11.5. The van der Waals surface area contributed by atoms with Gasteiger partial charge in [0.05, 0.1) is 6.07 Å². The molecule has 0 N–H and O–H groups in total. The number of ether oxygens (including phenoxy) is 1. The van der Waals surface area contributed by atoms with Crippen molar-refractivity contribution in [2.45, 2.75) is 10.4 Å². The maximum absolute atomic E-state index is 12.7. The SMILES string of the molecule is CO[C@H](c1ccccc1)[C@](Br)(C#N)C(=O)c1ccccc1. The third-order valence-electron chi connectivity index (χ3n) is 3.23. The Hall–Kier alpha value is -1.96. The highest BCUT2D eigenvalue weighted by Crippen LogP contribution is 2.38. The molecule has 0 aromatic heterocycles. The van der Waals surface area contributed by atoms with Crippen molar-refractivity contribution in [2.75, 3.05) is 7.11 Å². The van der Waals surface area contributed by atoms with E-state index < -0.39 is 10.4 Å². The van der Waals surface area contributed by atoms with Crippen LogP contribution in [0.5, 0.6) is 0 Å². The summed E-state index contributed by atoms with van der Waals surface area (Å²) < 4.78 is 3.98. The Labute approximate surface area is 132 Å². The lowest BCUT2D eigenvalue weighted by atomic mass is 9.89. The molecule has 3 nitrogen and oxygen atoms in total. The average molecular weight is 344 g/mol. The van der Waals surface area contributed by atoms with Crippen molar-refractivity contribution in [2.24, 2.45) is 0 Å². The van der Waals surface area contributed by atoms with Crippen molar-refractivity contribution in [3.8, 4) is 6.07 Å². The van der Waals surface area contributed by atoms with E-state index in [0.717, 1.165) is 5.56 Å². The van der Waals surface area contributed by atoms with E-state index in [4.69, 9.17) is 4.74 Å². The van der Waals surface area contributed by atoms with Gasteiger partial charge in [0.15, 0.2) is 5.78 Å². The molecule has 0 aliphatic rings. The molecule has 21 heavy (non-hydrogen) atoms. The van der Waals surface area contributed by atoms with E-state index in [2.05, 4.69) is 22.0 Å². The molecule has 2 aromatic rings. The van der Waals surface area contributed by atoms with Crippen molar-refractivity contribution < 1.29 is 9.53 Å². The summed E-state index contributed by atoms with van der Waals surface area (Å²) in [5, 5.41) is 9.58. The lowest BCUT2D eigenvalue weighted by Crippen LogP contribution is -2.38. The van der Waals surface area contributed by atoms with E-state index in [-0.39, 0.29) is 5.78 Å². The molecule has 0 fully saturated rings. The van der Waals surface area contributed by atoms with Crippen LogP contribution in [0.4, 0.5) is 0 Å². The number of methoxy groups -OCH3 is 1. The Bertz CT molecular complexity index is 651. The largest absolute Gasteiger partial charge is 0.374 e. The van der Waals surface area contributed by atoms with Gasteiger partial charge in [-0.1, -0.05) is 76.6 Å². The first-order valence-electron chi connectivity index (χ1n) is 6.41. The first-order valence-corrected chi connectivity index (χ1v) is 7.20. The zero-order chi connectivity index (χ0) is 15.3. The summed E-state index contributed by atoms with van der Waals surface area (Å²) in [6, 6.07) is 20.0. The van der Waals surface area contributed by atoms with Crippen LogP contribution < -0.4 is 0 Å². The van der Waals surface area contributed by atoms with Crippen LogP contribution in [0, 0.1) is 11.3 Å². The van der Waals surface area contributed by atoms with Crippen molar-refractivity contribution >= 4 is 21.7 Å². The van der Waals surface area contributed by atoms with E-state index in [1.807, 2.05) is 36.4 Å². The van der Waals surface area contributed by atoms with Gasteiger partial charge in [0.1, 0.15) is 6.10 Å². The Kier molecular flexibility index (Phi) is 4.89. The number of rotatable bonds is 5. The van der Waals surface area contributed by atoms with Crippen molar-refractivity contribution in [1.82, 2.24) is 0 Å². The number of Topliss-reactive ketones (excluding diaryl/α,β-unsaturated/α-hetero) is 1. The van der Waals surface area contributed by atoms with E-state index >= 15 is 0 Å². The minimum atomic E-state index is -1.47. The summed E-state index contributed by atoms with van der Waals surface area (Å²) in [6.45, 7) is 0. The molecule has 2 rings (SSSR count). The Morgan fingerprint density at radius 1 is 1.14 bits per heavy atom. The standard InChI is InChI=1S/C17H14BrNO2/c1-21-16(14-10-6-3-7-11-14)17(18,12-19)15(20)13-8-4-2-5-9-13/h2-11,16H,1H3/t16-,17+/m1/s1. The van der Waals surface area contributed by atoms with Crippen molar-refractivity contribution in [3.63, 3.8) is 0 Å². The number of nitrogens with zero attached hydrogens (tertiary/aromatic N) is 1. The minimum absolute atomic E-state index is 0.318. The van der Waals surface area contributed by atoms with Crippen LogP contribution in [0.1, 0.15) is 22.0 Å². The molecule has 0 aliphatic carbocycles. The monoisotopic (exact) mass is 343 g/mol. The number of carbonyl (C=O) groups is 1. The maximum Gasteiger partial charge on any atom is 0.204 e. The fraction of sp³-hybridized carbons (Fsp3) is 0.176. The number of hydrogen-bond acceptors (Lipinski definition) is 3. The van der Waals surface area contributed by atoms with Crippen molar-refractivity contribution in [3.05, 3.63) is 71.8 Å². The highest BCUT2D eigenvalue weighted by Gasteiger charge is 2.45. The smallest absolute Gasteiger partial charge is 0.204 e. The Balaban J connectivity index is 2.45. The van der Waals surface area contributed by atoms with Gasteiger partial charge in [-0.3, -0.25) is 4.79 Å². The fourth-order valence-corrected chi connectivity index (χ4v) is 2.86. The Morgan fingerprint density at radius 3 is 2.14 bits per heavy atom. The van der Waals surface area contributed by atoms with Crippen molar-refractivity contribution in [1.29, 1.82) is 5.26 Å². The van der Waals surface area contributed by atoms with Gasteiger partial charge in [0.25, 0.3) is 0 Å². The van der Waals surface area contributed by atoms with Crippen LogP contribution in [0.15, 0.2) is 60.7 Å². The summed E-state index contributed by atoms with van der Waals surface area (Å²) in [5.41, 5.74) is 1.23. The predicted octanol–water partition coefficient (Wildman–Crippen LogP) is 3.91. The average Bonchev–Trinajstić information content (AvgIpc) is 2.56. The third kappa shape index (κ3) is 3.05. The molecule has 0 heterocycles. The highest BCUT2D eigenvalue weighted by atomic mass is 79.9. The predicted molar refractivity (Wildman–Crippen MR) is 84.2 cm³/mol. The third-order valence-corrected chi connectivity index (χ3v) is 4.18. The van der Waals surface area contributed by atoms with Crippen LogP contribution in [0.3, 0.4) is 0 Å². The number of halogens is 1. The van der Waals surface area contributed by atoms with Crippen LogP contribution in [0.25, 0.3) is 0 Å². The summed E-state index contributed by atoms with van der Waals surface area (Å²) in [4.78, 5) is 12.7.